The smallest absolute Gasteiger partial charge is 0.321 e. The molecule has 2 N–H and O–H groups in total. The van der Waals surface area contributed by atoms with Crippen LogP contribution in [0.15, 0.2) is 0 Å². The fourth-order valence-electron chi connectivity index (χ4n) is 3.40. The minimum absolute atomic E-state index is 0.199. The summed E-state index contributed by atoms with van der Waals surface area (Å²) in [7, 11) is 0. The number of urea groups is 1. The van der Waals surface area contributed by atoms with E-state index < -0.39 is 6.03 Å². The van der Waals surface area contributed by atoms with Gasteiger partial charge in [-0.1, -0.05) is 19.8 Å². The standard InChI is InChI=1S/C17H30N4O3/c1-2-7-18-17(24)19-15(22)13-20-8-10-21(11-9-20)16(23)12-14-5-3-4-6-14/h14H,2-13H2,1H3,(H2,18,19,22,24). The predicted molar refractivity (Wildman–Crippen MR) is 91.4 cm³/mol. The minimum atomic E-state index is -0.438. The van der Waals surface area contributed by atoms with Gasteiger partial charge in [-0.3, -0.25) is 19.8 Å². The summed E-state index contributed by atoms with van der Waals surface area (Å²) in [6, 6.07) is -0.438. The van der Waals surface area contributed by atoms with Crippen molar-refractivity contribution in [3.05, 3.63) is 0 Å². The Kier molecular flexibility index (Phi) is 7.49. The van der Waals surface area contributed by atoms with Crippen LogP contribution in [0.5, 0.6) is 0 Å². The van der Waals surface area contributed by atoms with Crippen LogP contribution in [0.1, 0.15) is 45.4 Å². The largest absolute Gasteiger partial charge is 0.340 e. The third-order valence-electron chi connectivity index (χ3n) is 4.82. The van der Waals surface area contributed by atoms with Gasteiger partial charge in [-0.2, -0.15) is 0 Å². The van der Waals surface area contributed by atoms with Crippen molar-refractivity contribution < 1.29 is 14.4 Å². The van der Waals surface area contributed by atoms with Crippen LogP contribution in [-0.2, 0) is 9.59 Å². The topological polar surface area (TPSA) is 81.8 Å². The van der Waals surface area contributed by atoms with Crippen LogP contribution < -0.4 is 10.6 Å². The average Bonchev–Trinajstić information content (AvgIpc) is 3.06. The summed E-state index contributed by atoms with van der Waals surface area (Å²) in [6.45, 7) is 5.41. The van der Waals surface area contributed by atoms with Crippen molar-refractivity contribution in [1.82, 2.24) is 20.4 Å². The van der Waals surface area contributed by atoms with E-state index in [1.807, 2.05) is 16.7 Å². The lowest BCUT2D eigenvalue weighted by atomic mass is 10.0. The number of hydrogen-bond donors (Lipinski definition) is 2. The van der Waals surface area contributed by atoms with Gasteiger partial charge in [0.2, 0.25) is 11.8 Å². The third kappa shape index (κ3) is 6.11. The molecule has 24 heavy (non-hydrogen) atoms. The first-order valence-corrected chi connectivity index (χ1v) is 9.16. The van der Waals surface area contributed by atoms with Crippen LogP contribution in [0, 0.1) is 5.92 Å². The molecule has 2 aliphatic rings. The number of carbonyl (C=O) groups excluding carboxylic acids is 3. The summed E-state index contributed by atoms with van der Waals surface area (Å²) < 4.78 is 0. The van der Waals surface area contributed by atoms with E-state index in [1.54, 1.807) is 0 Å². The Morgan fingerprint density at radius 1 is 1.04 bits per heavy atom. The first kappa shape index (κ1) is 18.7. The van der Waals surface area contributed by atoms with Crippen molar-refractivity contribution in [1.29, 1.82) is 0 Å². The van der Waals surface area contributed by atoms with Gasteiger partial charge in [0.15, 0.2) is 0 Å². The highest BCUT2D eigenvalue weighted by Gasteiger charge is 2.25. The van der Waals surface area contributed by atoms with E-state index in [1.165, 1.54) is 25.7 Å². The summed E-state index contributed by atoms with van der Waals surface area (Å²) in [5.74, 6) is 0.530. The van der Waals surface area contributed by atoms with Crippen molar-refractivity contribution >= 4 is 17.8 Å². The molecule has 1 aliphatic heterocycles. The molecule has 7 nitrogen and oxygen atoms in total. The quantitative estimate of drug-likeness (QED) is 0.755. The molecule has 1 saturated heterocycles. The highest BCUT2D eigenvalue weighted by Crippen LogP contribution is 2.28. The van der Waals surface area contributed by atoms with Crippen molar-refractivity contribution in [3.63, 3.8) is 0 Å². The van der Waals surface area contributed by atoms with Crippen molar-refractivity contribution in [3.8, 4) is 0 Å². The number of hydrogen-bond acceptors (Lipinski definition) is 4. The summed E-state index contributed by atoms with van der Waals surface area (Å²) >= 11 is 0. The molecule has 2 fully saturated rings. The van der Waals surface area contributed by atoms with Crippen molar-refractivity contribution in [2.75, 3.05) is 39.3 Å². The molecule has 0 spiro atoms. The van der Waals surface area contributed by atoms with Gasteiger partial charge in [0.25, 0.3) is 0 Å². The highest BCUT2D eigenvalue weighted by atomic mass is 16.2. The Hall–Kier alpha value is -1.63. The molecule has 0 unspecified atom stereocenters. The third-order valence-corrected chi connectivity index (χ3v) is 4.82. The molecule has 0 atom stereocenters. The van der Waals surface area contributed by atoms with Crippen LogP contribution in [0.2, 0.25) is 0 Å². The lowest BCUT2D eigenvalue weighted by Crippen LogP contribution is -2.52. The van der Waals surface area contributed by atoms with Crippen LogP contribution >= 0.6 is 0 Å². The number of nitrogens with zero attached hydrogens (tertiary/aromatic N) is 2. The number of piperazine rings is 1. The van der Waals surface area contributed by atoms with Gasteiger partial charge >= 0.3 is 6.03 Å². The normalized spacial score (nSPS) is 19.3. The number of imide groups is 1. The average molecular weight is 338 g/mol. The first-order valence-electron chi connectivity index (χ1n) is 9.16. The number of carbonyl (C=O) groups is 3. The molecule has 7 heteroatoms. The number of amides is 4. The second kappa shape index (κ2) is 9.61. The molecule has 0 aromatic rings. The summed E-state index contributed by atoms with van der Waals surface area (Å²) in [6.07, 6.45) is 6.40. The van der Waals surface area contributed by atoms with E-state index in [-0.39, 0.29) is 18.4 Å². The lowest BCUT2D eigenvalue weighted by molar-refractivity contribution is -0.134. The zero-order valence-electron chi connectivity index (χ0n) is 14.7. The fraction of sp³-hybridized carbons (Fsp3) is 0.824. The van der Waals surface area contributed by atoms with Gasteiger partial charge in [-0.25, -0.2) is 4.79 Å². The summed E-state index contributed by atoms with van der Waals surface area (Å²) in [5.41, 5.74) is 0. The maximum atomic E-state index is 12.3. The van der Waals surface area contributed by atoms with E-state index in [4.69, 9.17) is 0 Å². The maximum Gasteiger partial charge on any atom is 0.321 e. The molecule has 0 bridgehead atoms. The molecule has 1 aliphatic carbocycles. The minimum Gasteiger partial charge on any atom is -0.340 e. The van der Waals surface area contributed by atoms with E-state index in [9.17, 15) is 14.4 Å². The lowest BCUT2D eigenvalue weighted by Gasteiger charge is -2.34. The highest BCUT2D eigenvalue weighted by molar-refractivity contribution is 5.95. The Balaban J connectivity index is 1.63. The fourth-order valence-corrected chi connectivity index (χ4v) is 3.40. The van der Waals surface area contributed by atoms with Gasteiger partial charge in [-0.05, 0) is 25.2 Å². The van der Waals surface area contributed by atoms with Crippen LogP contribution in [0.4, 0.5) is 4.79 Å². The van der Waals surface area contributed by atoms with Gasteiger partial charge in [-0.15, -0.1) is 0 Å². The molecule has 1 heterocycles. The Morgan fingerprint density at radius 2 is 1.71 bits per heavy atom. The molecule has 0 aromatic carbocycles. The van der Waals surface area contributed by atoms with Crippen LogP contribution in [0.3, 0.4) is 0 Å². The molecule has 1 saturated carbocycles. The molecule has 2 rings (SSSR count). The van der Waals surface area contributed by atoms with Gasteiger partial charge in [0.1, 0.15) is 0 Å². The van der Waals surface area contributed by atoms with Crippen molar-refractivity contribution in [2.45, 2.75) is 45.4 Å². The molecule has 0 aromatic heterocycles. The van der Waals surface area contributed by atoms with Crippen LogP contribution in [-0.4, -0.2) is 66.9 Å². The van der Waals surface area contributed by atoms with E-state index in [2.05, 4.69) is 10.6 Å². The Morgan fingerprint density at radius 3 is 2.33 bits per heavy atom. The van der Waals surface area contributed by atoms with Gasteiger partial charge < -0.3 is 10.2 Å². The van der Waals surface area contributed by atoms with E-state index >= 15 is 0 Å². The van der Waals surface area contributed by atoms with Crippen LogP contribution in [0.25, 0.3) is 0 Å². The number of nitrogens with one attached hydrogen (secondary N) is 2. The summed E-state index contributed by atoms with van der Waals surface area (Å²) in [4.78, 5) is 39.5. The maximum absolute atomic E-state index is 12.3. The van der Waals surface area contributed by atoms with E-state index in [0.29, 0.717) is 45.1 Å². The molecular formula is C17H30N4O3. The first-order chi connectivity index (χ1) is 11.6. The van der Waals surface area contributed by atoms with Crippen molar-refractivity contribution in [2.24, 2.45) is 5.92 Å². The monoisotopic (exact) mass is 338 g/mol. The Labute approximate surface area is 144 Å². The summed E-state index contributed by atoms with van der Waals surface area (Å²) in [5, 5.41) is 4.95. The molecule has 4 amide bonds. The second-order valence-corrected chi connectivity index (χ2v) is 6.82. The molecular weight excluding hydrogens is 308 g/mol. The zero-order chi connectivity index (χ0) is 17.4. The predicted octanol–water partition coefficient (Wildman–Crippen LogP) is 0.947. The second-order valence-electron chi connectivity index (χ2n) is 6.82. The van der Waals surface area contributed by atoms with Gasteiger partial charge in [0.05, 0.1) is 6.54 Å². The Bertz CT molecular complexity index is 441. The van der Waals surface area contributed by atoms with E-state index in [0.717, 1.165) is 6.42 Å². The van der Waals surface area contributed by atoms with Gasteiger partial charge in [0, 0.05) is 39.1 Å². The molecule has 136 valence electrons. The SMILES string of the molecule is CCCNC(=O)NC(=O)CN1CCN(C(=O)CC2CCCC2)CC1. The number of rotatable bonds is 6. The zero-order valence-corrected chi connectivity index (χ0v) is 14.7. The molecule has 0 radical (unpaired) electrons.